The maximum atomic E-state index is 6.12. The van der Waals surface area contributed by atoms with Gasteiger partial charge >= 0.3 is 0 Å². The molecule has 14 heavy (non-hydrogen) atoms. The molecule has 0 heterocycles. The second-order valence-electron chi connectivity index (χ2n) is 5.04. The third-order valence-corrected chi connectivity index (χ3v) is 7.75. The molecule has 84 valence electrons. The van der Waals surface area contributed by atoms with Gasteiger partial charge in [-0.25, -0.2) is 0 Å². The van der Waals surface area contributed by atoms with E-state index in [1.165, 1.54) is 0 Å². The standard InChI is InChI=1S/C10H20Br2OSi/c1-8(7-9(11)12)13-14(5,6)10(2,3)4/h7-8H,1-6H3/t8-/m0/s1. The van der Waals surface area contributed by atoms with Crippen LogP contribution in [0.25, 0.3) is 0 Å². The average Bonchev–Trinajstić information content (AvgIpc) is 1.79. The van der Waals surface area contributed by atoms with E-state index in [0.29, 0.717) is 0 Å². The van der Waals surface area contributed by atoms with Crippen LogP contribution in [0.3, 0.4) is 0 Å². The first kappa shape index (κ1) is 14.9. The van der Waals surface area contributed by atoms with E-state index in [4.69, 9.17) is 4.43 Å². The quantitative estimate of drug-likeness (QED) is 0.653. The summed E-state index contributed by atoms with van der Waals surface area (Å²) in [7, 11) is -1.62. The topological polar surface area (TPSA) is 9.23 Å². The Bertz CT molecular complexity index is 215. The molecule has 0 aliphatic carbocycles. The fraction of sp³-hybridized carbons (Fsp3) is 0.800. The molecule has 0 aliphatic rings. The highest BCUT2D eigenvalue weighted by Crippen LogP contribution is 2.37. The van der Waals surface area contributed by atoms with Gasteiger partial charge in [0.2, 0.25) is 0 Å². The normalized spacial score (nSPS) is 15.1. The van der Waals surface area contributed by atoms with Gasteiger partial charge in [-0.05, 0) is 63.0 Å². The Labute approximate surface area is 106 Å². The molecule has 0 N–H and O–H groups in total. The molecule has 1 nitrogen and oxygen atoms in total. The van der Waals surface area contributed by atoms with Crippen LogP contribution in [-0.4, -0.2) is 14.4 Å². The predicted octanol–water partition coefficient (Wildman–Crippen LogP) is 5.03. The van der Waals surface area contributed by atoms with Gasteiger partial charge in [-0.1, -0.05) is 20.8 Å². The fourth-order valence-electron chi connectivity index (χ4n) is 0.853. The lowest BCUT2D eigenvalue weighted by molar-refractivity contribution is 0.243. The summed E-state index contributed by atoms with van der Waals surface area (Å²) in [5.41, 5.74) is 0. The Morgan fingerprint density at radius 2 is 1.71 bits per heavy atom. The highest BCUT2D eigenvalue weighted by atomic mass is 79.9. The van der Waals surface area contributed by atoms with E-state index in [0.717, 1.165) is 3.39 Å². The predicted molar refractivity (Wildman–Crippen MR) is 73.7 cm³/mol. The zero-order valence-corrected chi connectivity index (χ0v) is 14.0. The molecular formula is C10H20Br2OSi. The van der Waals surface area contributed by atoms with Crippen molar-refractivity contribution < 1.29 is 4.43 Å². The summed E-state index contributed by atoms with van der Waals surface area (Å²) in [5.74, 6) is 0. The van der Waals surface area contributed by atoms with E-state index in [1.54, 1.807) is 0 Å². The fourth-order valence-corrected chi connectivity index (χ4v) is 2.95. The zero-order valence-electron chi connectivity index (χ0n) is 9.82. The Morgan fingerprint density at radius 1 is 1.29 bits per heavy atom. The van der Waals surface area contributed by atoms with Crippen LogP contribution >= 0.6 is 31.9 Å². The Hall–Kier alpha value is 0.877. The molecule has 0 aromatic heterocycles. The number of halogens is 2. The van der Waals surface area contributed by atoms with Crippen LogP contribution in [0.2, 0.25) is 18.1 Å². The molecule has 0 saturated heterocycles. The monoisotopic (exact) mass is 342 g/mol. The second kappa shape index (κ2) is 5.28. The van der Waals surface area contributed by atoms with Crippen LogP contribution in [0.1, 0.15) is 27.7 Å². The lowest BCUT2D eigenvalue weighted by Crippen LogP contribution is -2.42. The van der Waals surface area contributed by atoms with Crippen molar-refractivity contribution in [1.29, 1.82) is 0 Å². The van der Waals surface area contributed by atoms with Crippen LogP contribution in [0.4, 0.5) is 0 Å². The number of hydrogen-bond acceptors (Lipinski definition) is 1. The summed E-state index contributed by atoms with van der Waals surface area (Å²) >= 11 is 6.69. The van der Waals surface area contributed by atoms with Gasteiger partial charge in [-0.2, -0.15) is 0 Å². The van der Waals surface area contributed by atoms with Crippen molar-refractivity contribution in [2.24, 2.45) is 0 Å². The minimum Gasteiger partial charge on any atom is -0.411 e. The van der Waals surface area contributed by atoms with Gasteiger partial charge in [0.25, 0.3) is 0 Å². The summed E-state index contributed by atoms with van der Waals surface area (Å²) in [6, 6.07) is 0. The average molecular weight is 344 g/mol. The summed E-state index contributed by atoms with van der Waals surface area (Å²) in [5, 5.41) is 0.272. The van der Waals surface area contributed by atoms with E-state index in [9.17, 15) is 0 Å². The van der Waals surface area contributed by atoms with Crippen molar-refractivity contribution >= 4 is 40.2 Å². The van der Waals surface area contributed by atoms with Crippen molar-refractivity contribution in [1.82, 2.24) is 0 Å². The molecular weight excluding hydrogens is 324 g/mol. The Balaban J connectivity index is 4.45. The summed E-state index contributed by atoms with van der Waals surface area (Å²) in [6.45, 7) is 13.3. The van der Waals surface area contributed by atoms with Gasteiger partial charge in [0.1, 0.15) is 0 Å². The van der Waals surface area contributed by atoms with Gasteiger partial charge in [0.05, 0.1) is 9.50 Å². The van der Waals surface area contributed by atoms with Gasteiger partial charge < -0.3 is 4.43 Å². The van der Waals surface area contributed by atoms with Gasteiger partial charge in [0, 0.05) is 0 Å². The third-order valence-electron chi connectivity index (χ3n) is 2.65. The molecule has 0 amide bonds. The molecule has 0 radical (unpaired) electrons. The molecule has 0 rings (SSSR count). The highest BCUT2D eigenvalue weighted by molar-refractivity contribution is 9.28. The minimum atomic E-state index is -1.62. The van der Waals surface area contributed by atoms with E-state index in [-0.39, 0.29) is 11.1 Å². The van der Waals surface area contributed by atoms with Gasteiger partial charge in [0.15, 0.2) is 8.32 Å². The largest absolute Gasteiger partial charge is 0.411 e. The first-order valence-corrected chi connectivity index (χ1v) is 9.26. The first-order chi connectivity index (χ1) is 6.06. The molecule has 0 unspecified atom stereocenters. The molecule has 4 heteroatoms. The van der Waals surface area contributed by atoms with Crippen molar-refractivity contribution in [2.75, 3.05) is 0 Å². The van der Waals surface area contributed by atoms with Crippen molar-refractivity contribution in [3.63, 3.8) is 0 Å². The Kier molecular flexibility index (Phi) is 5.61. The summed E-state index contributed by atoms with van der Waals surface area (Å²) in [4.78, 5) is 0. The summed E-state index contributed by atoms with van der Waals surface area (Å²) < 4.78 is 7.07. The van der Waals surface area contributed by atoms with Crippen molar-refractivity contribution in [3.8, 4) is 0 Å². The minimum absolute atomic E-state index is 0.157. The first-order valence-electron chi connectivity index (χ1n) is 4.77. The van der Waals surface area contributed by atoms with Gasteiger partial charge in [-0.15, -0.1) is 0 Å². The lowest BCUT2D eigenvalue weighted by Gasteiger charge is -2.37. The third kappa shape index (κ3) is 5.10. The molecule has 0 aromatic carbocycles. The van der Waals surface area contributed by atoms with Gasteiger partial charge in [-0.3, -0.25) is 0 Å². The number of hydrogen-bond donors (Lipinski definition) is 0. The van der Waals surface area contributed by atoms with Crippen LogP contribution in [-0.2, 0) is 4.43 Å². The van der Waals surface area contributed by atoms with E-state index >= 15 is 0 Å². The maximum absolute atomic E-state index is 6.12. The van der Waals surface area contributed by atoms with Crippen molar-refractivity contribution in [2.45, 2.75) is 51.9 Å². The van der Waals surface area contributed by atoms with Crippen molar-refractivity contribution in [3.05, 3.63) is 9.47 Å². The molecule has 0 spiro atoms. The lowest BCUT2D eigenvalue weighted by atomic mass is 10.2. The molecule has 0 bridgehead atoms. The zero-order chi connectivity index (χ0) is 11.6. The van der Waals surface area contributed by atoms with E-state index in [2.05, 4.69) is 72.6 Å². The van der Waals surface area contributed by atoms with Crippen LogP contribution < -0.4 is 0 Å². The molecule has 1 atom stereocenters. The molecule has 0 aliphatic heterocycles. The van der Waals surface area contributed by atoms with Crippen LogP contribution in [0, 0.1) is 0 Å². The maximum Gasteiger partial charge on any atom is 0.192 e. The molecule has 0 aromatic rings. The second-order valence-corrected chi connectivity index (χ2v) is 12.6. The molecule has 0 fully saturated rings. The SMILES string of the molecule is C[C@@H](C=C(Br)Br)O[Si](C)(C)C(C)(C)C. The smallest absolute Gasteiger partial charge is 0.192 e. The Morgan fingerprint density at radius 3 is 2.00 bits per heavy atom. The van der Waals surface area contributed by atoms with Crippen LogP contribution in [0.15, 0.2) is 9.47 Å². The van der Waals surface area contributed by atoms with Crippen LogP contribution in [0.5, 0.6) is 0 Å². The highest BCUT2D eigenvalue weighted by Gasteiger charge is 2.38. The van der Waals surface area contributed by atoms with E-state index < -0.39 is 8.32 Å². The number of rotatable bonds is 3. The summed E-state index contributed by atoms with van der Waals surface area (Å²) in [6.07, 6.45) is 2.19. The molecule has 0 saturated carbocycles. The van der Waals surface area contributed by atoms with E-state index in [1.807, 2.05) is 6.08 Å².